The largest absolute Gasteiger partial charge is 0.393 e. The molecule has 3 rings (SSSR count). The maximum Gasteiger partial charge on any atom is 0.0540 e. The second kappa shape index (κ2) is 5.99. The van der Waals surface area contributed by atoms with Crippen molar-refractivity contribution in [2.45, 2.75) is 90.6 Å². The Balaban J connectivity index is 1.79. The molecule has 20 heavy (non-hydrogen) atoms. The first-order valence-electron chi connectivity index (χ1n) is 9.27. The lowest BCUT2D eigenvalue weighted by atomic mass is 9.50. The van der Waals surface area contributed by atoms with E-state index in [0.29, 0.717) is 5.41 Å². The molecule has 0 heterocycles. The van der Waals surface area contributed by atoms with E-state index in [-0.39, 0.29) is 6.10 Å². The van der Waals surface area contributed by atoms with Crippen molar-refractivity contribution in [3.8, 4) is 0 Å². The molecule has 0 aromatic heterocycles. The lowest BCUT2D eigenvalue weighted by molar-refractivity contribution is -0.0568. The highest BCUT2D eigenvalue weighted by atomic mass is 16.3. The highest BCUT2D eigenvalue weighted by molar-refractivity contribution is 4.99. The fraction of sp³-hybridized carbons (Fsp3) is 1.00. The van der Waals surface area contributed by atoms with Crippen LogP contribution < -0.4 is 0 Å². The molecule has 3 aliphatic rings. The Morgan fingerprint density at radius 3 is 2.35 bits per heavy atom. The molecule has 6 unspecified atom stereocenters. The first-order chi connectivity index (χ1) is 9.59. The SMILES string of the molecule is CC1CCC2CCC3CCCC(O)CCCC3C2(C)C1. The van der Waals surface area contributed by atoms with Crippen LogP contribution in [0.5, 0.6) is 0 Å². The van der Waals surface area contributed by atoms with Crippen molar-refractivity contribution < 1.29 is 5.11 Å². The smallest absolute Gasteiger partial charge is 0.0540 e. The van der Waals surface area contributed by atoms with Crippen LogP contribution in [-0.4, -0.2) is 11.2 Å². The van der Waals surface area contributed by atoms with Crippen molar-refractivity contribution >= 4 is 0 Å². The summed E-state index contributed by atoms with van der Waals surface area (Å²) >= 11 is 0. The molecule has 6 atom stereocenters. The van der Waals surface area contributed by atoms with Gasteiger partial charge < -0.3 is 5.11 Å². The van der Waals surface area contributed by atoms with Crippen LogP contribution >= 0.6 is 0 Å². The molecule has 0 saturated heterocycles. The maximum absolute atomic E-state index is 10.0. The van der Waals surface area contributed by atoms with Gasteiger partial charge in [-0.05, 0) is 74.0 Å². The fourth-order valence-electron chi connectivity index (χ4n) is 6.16. The van der Waals surface area contributed by atoms with Crippen molar-refractivity contribution in [2.24, 2.45) is 29.1 Å². The molecule has 0 aromatic rings. The Morgan fingerprint density at radius 2 is 1.55 bits per heavy atom. The molecule has 116 valence electrons. The van der Waals surface area contributed by atoms with E-state index in [1.54, 1.807) is 0 Å². The Morgan fingerprint density at radius 1 is 0.850 bits per heavy atom. The third kappa shape index (κ3) is 2.80. The predicted molar refractivity (Wildman–Crippen MR) is 84.5 cm³/mol. The van der Waals surface area contributed by atoms with E-state index in [9.17, 15) is 5.11 Å². The minimum absolute atomic E-state index is 0.0102. The number of aliphatic hydroxyl groups is 1. The van der Waals surface area contributed by atoms with Crippen molar-refractivity contribution in [1.82, 2.24) is 0 Å². The fourth-order valence-corrected chi connectivity index (χ4v) is 6.16. The zero-order chi connectivity index (χ0) is 14.2. The minimum Gasteiger partial charge on any atom is -0.393 e. The van der Waals surface area contributed by atoms with E-state index >= 15 is 0 Å². The van der Waals surface area contributed by atoms with Gasteiger partial charge in [-0.25, -0.2) is 0 Å². The van der Waals surface area contributed by atoms with Crippen LogP contribution in [0.4, 0.5) is 0 Å². The quantitative estimate of drug-likeness (QED) is 0.648. The van der Waals surface area contributed by atoms with E-state index in [0.717, 1.165) is 36.5 Å². The number of fused-ring (bicyclic) bond motifs is 3. The molecule has 1 nitrogen and oxygen atoms in total. The molecular weight excluding hydrogens is 244 g/mol. The standard InChI is InChI=1S/C19H34O/c1-14-9-11-16-12-10-15-5-3-6-17(20)7-4-8-18(15)19(16,2)13-14/h14-18,20H,3-13H2,1-2H3. The monoisotopic (exact) mass is 278 g/mol. The van der Waals surface area contributed by atoms with Gasteiger partial charge in [-0.15, -0.1) is 0 Å². The van der Waals surface area contributed by atoms with E-state index in [1.165, 1.54) is 57.8 Å². The summed E-state index contributed by atoms with van der Waals surface area (Å²) in [5, 5.41) is 10.0. The van der Waals surface area contributed by atoms with Crippen molar-refractivity contribution in [3.05, 3.63) is 0 Å². The summed E-state index contributed by atoms with van der Waals surface area (Å²) in [4.78, 5) is 0. The van der Waals surface area contributed by atoms with E-state index in [4.69, 9.17) is 0 Å². The normalized spacial score (nSPS) is 50.2. The molecule has 0 bridgehead atoms. The number of hydrogen-bond acceptors (Lipinski definition) is 1. The summed E-state index contributed by atoms with van der Waals surface area (Å²) < 4.78 is 0. The topological polar surface area (TPSA) is 20.2 Å². The lowest BCUT2D eigenvalue weighted by Crippen LogP contribution is -2.46. The van der Waals surface area contributed by atoms with Gasteiger partial charge in [-0.3, -0.25) is 0 Å². The van der Waals surface area contributed by atoms with Gasteiger partial charge in [0.15, 0.2) is 0 Å². The Kier molecular flexibility index (Phi) is 4.45. The number of aliphatic hydroxyl groups excluding tert-OH is 1. The summed E-state index contributed by atoms with van der Waals surface area (Å²) in [7, 11) is 0. The van der Waals surface area contributed by atoms with E-state index in [2.05, 4.69) is 13.8 Å². The van der Waals surface area contributed by atoms with Gasteiger partial charge in [0.25, 0.3) is 0 Å². The van der Waals surface area contributed by atoms with Gasteiger partial charge in [0.1, 0.15) is 0 Å². The van der Waals surface area contributed by atoms with Gasteiger partial charge in [-0.1, -0.05) is 39.5 Å². The predicted octanol–water partition coefficient (Wildman–Crippen LogP) is 5.17. The number of hydrogen-bond donors (Lipinski definition) is 1. The summed E-state index contributed by atoms with van der Waals surface area (Å²) in [6.45, 7) is 5.11. The Hall–Kier alpha value is -0.0400. The molecule has 1 N–H and O–H groups in total. The molecular formula is C19H34O. The summed E-state index contributed by atoms with van der Waals surface area (Å²) in [5.41, 5.74) is 0.621. The van der Waals surface area contributed by atoms with Crippen molar-refractivity contribution in [3.63, 3.8) is 0 Å². The van der Waals surface area contributed by atoms with Crippen LogP contribution in [-0.2, 0) is 0 Å². The van der Waals surface area contributed by atoms with E-state index < -0.39 is 0 Å². The average molecular weight is 278 g/mol. The van der Waals surface area contributed by atoms with Gasteiger partial charge in [-0.2, -0.15) is 0 Å². The van der Waals surface area contributed by atoms with Crippen molar-refractivity contribution in [2.75, 3.05) is 0 Å². The molecule has 3 aliphatic carbocycles. The van der Waals surface area contributed by atoms with Crippen LogP contribution in [0, 0.1) is 29.1 Å². The summed E-state index contributed by atoms with van der Waals surface area (Å²) in [5.74, 6) is 3.86. The second-order valence-electron chi connectivity index (χ2n) is 8.55. The van der Waals surface area contributed by atoms with Gasteiger partial charge in [0.2, 0.25) is 0 Å². The van der Waals surface area contributed by atoms with Crippen LogP contribution in [0.15, 0.2) is 0 Å². The minimum atomic E-state index is -0.0102. The highest BCUT2D eigenvalue weighted by Crippen LogP contribution is 2.58. The summed E-state index contributed by atoms with van der Waals surface area (Å²) in [6, 6.07) is 0. The summed E-state index contributed by atoms with van der Waals surface area (Å²) in [6.07, 6.45) is 14.8. The van der Waals surface area contributed by atoms with Gasteiger partial charge >= 0.3 is 0 Å². The van der Waals surface area contributed by atoms with E-state index in [1.807, 2.05) is 0 Å². The first-order valence-corrected chi connectivity index (χ1v) is 9.27. The van der Waals surface area contributed by atoms with Crippen LogP contribution in [0.1, 0.15) is 84.5 Å². The average Bonchev–Trinajstić information content (AvgIpc) is 2.48. The molecule has 3 fully saturated rings. The van der Waals surface area contributed by atoms with Crippen LogP contribution in [0.2, 0.25) is 0 Å². The molecule has 0 aromatic carbocycles. The maximum atomic E-state index is 10.0. The molecule has 0 radical (unpaired) electrons. The zero-order valence-electron chi connectivity index (χ0n) is 13.6. The molecule has 0 spiro atoms. The molecule has 0 aliphatic heterocycles. The Labute approximate surface area is 125 Å². The van der Waals surface area contributed by atoms with Crippen molar-refractivity contribution in [1.29, 1.82) is 0 Å². The van der Waals surface area contributed by atoms with Gasteiger partial charge in [0.05, 0.1) is 6.10 Å². The lowest BCUT2D eigenvalue weighted by Gasteiger charge is -2.55. The first kappa shape index (κ1) is 14.9. The third-order valence-corrected chi connectivity index (χ3v) is 7.20. The second-order valence-corrected chi connectivity index (χ2v) is 8.55. The molecule has 3 saturated carbocycles. The number of rotatable bonds is 0. The highest BCUT2D eigenvalue weighted by Gasteiger charge is 2.49. The van der Waals surface area contributed by atoms with Gasteiger partial charge in [0, 0.05) is 0 Å². The zero-order valence-corrected chi connectivity index (χ0v) is 13.6. The molecule has 1 heteroatoms. The van der Waals surface area contributed by atoms with Crippen LogP contribution in [0.25, 0.3) is 0 Å². The Bertz CT molecular complexity index is 326. The third-order valence-electron chi connectivity index (χ3n) is 7.20. The van der Waals surface area contributed by atoms with Crippen LogP contribution in [0.3, 0.4) is 0 Å². The molecule has 0 amide bonds.